The van der Waals surface area contributed by atoms with Crippen LogP contribution in [0, 0.1) is 0 Å². The van der Waals surface area contributed by atoms with Crippen molar-refractivity contribution < 1.29 is 4.79 Å². The summed E-state index contributed by atoms with van der Waals surface area (Å²) in [7, 11) is 0. The maximum absolute atomic E-state index is 12.1. The van der Waals surface area contributed by atoms with E-state index in [-0.39, 0.29) is 17.4 Å². The molecule has 4 N–H and O–H groups in total. The number of nitrogens with two attached hydrogens (primary N) is 1. The van der Waals surface area contributed by atoms with E-state index in [1.807, 2.05) is 25.1 Å². The van der Waals surface area contributed by atoms with E-state index in [0.717, 1.165) is 6.42 Å². The van der Waals surface area contributed by atoms with Crippen LogP contribution < -0.4 is 11.1 Å². The molecule has 0 fully saturated rings. The number of hydrogen-bond donors (Lipinski definition) is 3. The van der Waals surface area contributed by atoms with Gasteiger partial charge in [-0.3, -0.25) is 9.89 Å². The number of nitrogen functional groups attached to an aromatic ring is 1. The number of carbonyl (C=O) groups excluding carboxylic acids is 1. The number of nitrogens with one attached hydrogen (secondary N) is 2. The lowest BCUT2D eigenvalue weighted by atomic mass is 9.79. The second kappa shape index (κ2) is 5.99. The van der Waals surface area contributed by atoms with E-state index in [9.17, 15) is 4.79 Å². The maximum atomic E-state index is 12.1. The lowest BCUT2D eigenvalue weighted by Crippen LogP contribution is -2.37. The first-order valence-corrected chi connectivity index (χ1v) is 7.06. The van der Waals surface area contributed by atoms with Crippen LogP contribution in [0.2, 0.25) is 0 Å². The normalized spacial score (nSPS) is 12.9. The van der Waals surface area contributed by atoms with Crippen molar-refractivity contribution in [2.24, 2.45) is 0 Å². The van der Waals surface area contributed by atoms with Crippen LogP contribution >= 0.6 is 0 Å². The molecule has 1 heterocycles. The highest BCUT2D eigenvalue weighted by molar-refractivity contribution is 5.93. The number of amides is 1. The minimum absolute atomic E-state index is 0.0129. The van der Waals surface area contributed by atoms with Crippen LogP contribution in [0.1, 0.15) is 43.2 Å². The monoisotopic (exact) mass is 286 g/mol. The Morgan fingerprint density at radius 2 is 2.05 bits per heavy atom. The van der Waals surface area contributed by atoms with E-state index in [1.165, 1.54) is 11.6 Å². The van der Waals surface area contributed by atoms with Gasteiger partial charge < -0.3 is 11.1 Å². The molecule has 1 unspecified atom stereocenters. The van der Waals surface area contributed by atoms with Gasteiger partial charge >= 0.3 is 0 Å². The summed E-state index contributed by atoms with van der Waals surface area (Å²) in [6.45, 7) is 6.36. The summed E-state index contributed by atoms with van der Waals surface area (Å²) in [5.41, 5.74) is 7.14. The van der Waals surface area contributed by atoms with E-state index >= 15 is 0 Å². The van der Waals surface area contributed by atoms with Gasteiger partial charge in [-0.25, -0.2) is 0 Å². The van der Waals surface area contributed by atoms with Gasteiger partial charge in [-0.15, -0.1) is 0 Å². The van der Waals surface area contributed by atoms with E-state index in [1.54, 1.807) is 0 Å². The molecule has 0 aliphatic rings. The highest BCUT2D eigenvalue weighted by Crippen LogP contribution is 2.28. The molecule has 1 aromatic carbocycles. The van der Waals surface area contributed by atoms with Gasteiger partial charge in [0.05, 0.1) is 0 Å². The number of nitrogens with zero attached hydrogens (tertiary/aromatic N) is 1. The lowest BCUT2D eigenvalue weighted by Gasteiger charge is -2.29. The summed E-state index contributed by atoms with van der Waals surface area (Å²) in [6, 6.07) is 11.9. The number of rotatable bonds is 5. The topological polar surface area (TPSA) is 83.8 Å². The predicted octanol–water partition coefficient (Wildman–Crippen LogP) is 2.48. The molecule has 112 valence electrons. The Morgan fingerprint density at radius 1 is 1.38 bits per heavy atom. The second-order valence-electron chi connectivity index (χ2n) is 6.04. The Morgan fingerprint density at radius 3 is 2.62 bits per heavy atom. The van der Waals surface area contributed by atoms with E-state index in [2.05, 4.69) is 41.5 Å². The van der Waals surface area contributed by atoms with Crippen molar-refractivity contribution in [2.75, 3.05) is 5.73 Å². The molecule has 0 spiro atoms. The summed E-state index contributed by atoms with van der Waals surface area (Å²) in [4.78, 5) is 12.1. The van der Waals surface area contributed by atoms with Crippen molar-refractivity contribution in [3.05, 3.63) is 47.7 Å². The summed E-state index contributed by atoms with van der Waals surface area (Å²) in [5, 5.41) is 9.35. The third kappa shape index (κ3) is 3.84. The first kappa shape index (κ1) is 15.1. The fraction of sp³-hybridized carbons (Fsp3) is 0.375. The molecule has 5 nitrogen and oxygen atoms in total. The lowest BCUT2D eigenvalue weighted by molar-refractivity contribution is 0.0929. The molecule has 0 saturated carbocycles. The quantitative estimate of drug-likeness (QED) is 0.789. The van der Waals surface area contributed by atoms with Crippen LogP contribution in [0.5, 0.6) is 0 Å². The fourth-order valence-electron chi connectivity index (χ4n) is 2.58. The van der Waals surface area contributed by atoms with Crippen molar-refractivity contribution in [1.29, 1.82) is 0 Å². The number of H-pyrrole nitrogens is 1. The van der Waals surface area contributed by atoms with Crippen LogP contribution in [-0.4, -0.2) is 22.1 Å². The van der Waals surface area contributed by atoms with Crippen molar-refractivity contribution in [2.45, 2.75) is 38.6 Å². The minimum atomic E-state index is -0.185. The summed E-state index contributed by atoms with van der Waals surface area (Å²) >= 11 is 0. The van der Waals surface area contributed by atoms with Gasteiger partial charge in [0.2, 0.25) is 0 Å². The number of benzene rings is 1. The Kier molecular flexibility index (Phi) is 4.31. The molecule has 0 saturated heterocycles. The van der Waals surface area contributed by atoms with Gasteiger partial charge in [0, 0.05) is 12.1 Å². The molecule has 0 bridgehead atoms. The Hall–Kier alpha value is -2.30. The molecule has 1 atom stereocenters. The number of carbonyl (C=O) groups is 1. The zero-order valence-corrected chi connectivity index (χ0v) is 12.7. The zero-order chi connectivity index (χ0) is 15.5. The van der Waals surface area contributed by atoms with E-state index in [4.69, 9.17) is 5.73 Å². The number of aromatic nitrogens is 2. The van der Waals surface area contributed by atoms with E-state index < -0.39 is 0 Å². The standard InChI is InChI=1S/C16H22N4O/c1-11(18-15(21)13-9-14(17)20-19-13)10-16(2,3)12-7-5-4-6-8-12/h4-9,11H,10H2,1-3H3,(H,18,21)(H3,17,19,20). The van der Waals surface area contributed by atoms with Gasteiger partial charge in [-0.05, 0) is 24.3 Å². The van der Waals surface area contributed by atoms with Crippen molar-refractivity contribution >= 4 is 11.7 Å². The smallest absolute Gasteiger partial charge is 0.269 e. The Bertz CT molecular complexity index is 604. The molecular formula is C16H22N4O. The zero-order valence-electron chi connectivity index (χ0n) is 12.7. The Balaban J connectivity index is 1.98. The van der Waals surface area contributed by atoms with Crippen LogP contribution in [0.4, 0.5) is 5.82 Å². The number of aromatic amines is 1. The van der Waals surface area contributed by atoms with Crippen LogP contribution in [0.3, 0.4) is 0 Å². The summed E-state index contributed by atoms with van der Waals surface area (Å²) in [5.74, 6) is 0.132. The molecule has 0 aliphatic heterocycles. The largest absolute Gasteiger partial charge is 0.382 e. The molecule has 1 amide bonds. The molecule has 1 aromatic heterocycles. The molecule has 0 radical (unpaired) electrons. The maximum Gasteiger partial charge on any atom is 0.269 e. The van der Waals surface area contributed by atoms with Gasteiger partial charge in [0.25, 0.3) is 5.91 Å². The van der Waals surface area contributed by atoms with Gasteiger partial charge in [-0.2, -0.15) is 5.10 Å². The van der Waals surface area contributed by atoms with Crippen molar-refractivity contribution in [3.63, 3.8) is 0 Å². The second-order valence-corrected chi connectivity index (χ2v) is 6.04. The van der Waals surface area contributed by atoms with Gasteiger partial charge in [0.1, 0.15) is 11.5 Å². The molecule has 2 rings (SSSR count). The van der Waals surface area contributed by atoms with Gasteiger partial charge in [-0.1, -0.05) is 44.2 Å². The molecule has 2 aromatic rings. The highest BCUT2D eigenvalue weighted by Gasteiger charge is 2.24. The molecule has 5 heteroatoms. The highest BCUT2D eigenvalue weighted by atomic mass is 16.2. The first-order chi connectivity index (χ1) is 9.88. The summed E-state index contributed by atoms with van der Waals surface area (Å²) in [6.07, 6.45) is 0.840. The third-order valence-electron chi connectivity index (χ3n) is 3.59. The molecule has 0 aliphatic carbocycles. The number of hydrogen-bond acceptors (Lipinski definition) is 3. The fourth-order valence-corrected chi connectivity index (χ4v) is 2.58. The van der Waals surface area contributed by atoms with Crippen LogP contribution in [-0.2, 0) is 5.41 Å². The predicted molar refractivity (Wildman–Crippen MR) is 84.0 cm³/mol. The van der Waals surface area contributed by atoms with Gasteiger partial charge in [0.15, 0.2) is 0 Å². The SMILES string of the molecule is CC(CC(C)(C)c1ccccc1)NC(=O)c1cc(N)n[nH]1. The van der Waals surface area contributed by atoms with E-state index in [0.29, 0.717) is 11.5 Å². The minimum Gasteiger partial charge on any atom is -0.382 e. The number of anilines is 1. The van der Waals surface area contributed by atoms with Crippen molar-refractivity contribution in [1.82, 2.24) is 15.5 Å². The van der Waals surface area contributed by atoms with Crippen molar-refractivity contribution in [3.8, 4) is 0 Å². The summed E-state index contributed by atoms with van der Waals surface area (Å²) < 4.78 is 0. The first-order valence-electron chi connectivity index (χ1n) is 7.06. The third-order valence-corrected chi connectivity index (χ3v) is 3.59. The van der Waals surface area contributed by atoms with Crippen LogP contribution in [0.15, 0.2) is 36.4 Å². The average Bonchev–Trinajstić information content (AvgIpc) is 2.86. The van der Waals surface area contributed by atoms with Crippen LogP contribution in [0.25, 0.3) is 0 Å². The molecular weight excluding hydrogens is 264 g/mol. The Labute approximate surface area is 124 Å². The average molecular weight is 286 g/mol. The molecule has 21 heavy (non-hydrogen) atoms.